The van der Waals surface area contributed by atoms with Gasteiger partial charge in [-0.1, -0.05) is 42.7 Å². The fourth-order valence-electron chi connectivity index (χ4n) is 2.49. The number of amides is 1. The maximum absolute atomic E-state index is 11.9. The molecule has 0 aliphatic heterocycles. The quantitative estimate of drug-likeness (QED) is 0.892. The summed E-state index contributed by atoms with van der Waals surface area (Å²) in [5.41, 5.74) is 8.02. The summed E-state index contributed by atoms with van der Waals surface area (Å²) in [7, 11) is 0. The number of halogens is 1. The van der Waals surface area contributed by atoms with Gasteiger partial charge in [0.05, 0.1) is 0 Å². The average Bonchev–Trinajstić information content (AvgIpc) is 2.89. The lowest BCUT2D eigenvalue weighted by Crippen LogP contribution is -2.36. The lowest BCUT2D eigenvalue weighted by Gasteiger charge is -2.15. The largest absolute Gasteiger partial charge is 0.354 e. The van der Waals surface area contributed by atoms with E-state index in [2.05, 4.69) is 5.32 Å². The summed E-state index contributed by atoms with van der Waals surface area (Å²) in [6.45, 7) is 2.80. The Morgan fingerprint density at radius 1 is 1.32 bits per heavy atom. The van der Waals surface area contributed by atoms with E-state index in [4.69, 9.17) is 5.73 Å². The van der Waals surface area contributed by atoms with Crippen LogP contribution in [0.2, 0.25) is 0 Å². The van der Waals surface area contributed by atoms with Crippen molar-refractivity contribution >= 4 is 18.3 Å². The fourth-order valence-corrected chi connectivity index (χ4v) is 2.49. The van der Waals surface area contributed by atoms with Crippen LogP contribution < -0.4 is 11.1 Å². The standard InChI is InChI=1S/C15H22N2O.ClH/c1-11-6-8-13(9-7-11)14(16)15(18)17-10-12-4-2-3-5-12;/h6-9,12,14H,2-5,10,16H2,1H3,(H,17,18);1H. The molecule has 2 rings (SSSR count). The van der Waals surface area contributed by atoms with Gasteiger partial charge in [-0.3, -0.25) is 4.79 Å². The summed E-state index contributed by atoms with van der Waals surface area (Å²) in [4.78, 5) is 11.9. The van der Waals surface area contributed by atoms with Crippen LogP contribution in [0.1, 0.15) is 42.9 Å². The van der Waals surface area contributed by atoms with Gasteiger partial charge in [-0.25, -0.2) is 0 Å². The number of hydrogen-bond acceptors (Lipinski definition) is 2. The highest BCUT2D eigenvalue weighted by molar-refractivity contribution is 5.85. The van der Waals surface area contributed by atoms with Gasteiger partial charge in [0.2, 0.25) is 5.91 Å². The van der Waals surface area contributed by atoms with Crippen molar-refractivity contribution in [1.29, 1.82) is 0 Å². The maximum atomic E-state index is 11.9. The van der Waals surface area contributed by atoms with Crippen molar-refractivity contribution in [2.75, 3.05) is 6.54 Å². The zero-order chi connectivity index (χ0) is 13.0. The molecule has 1 fully saturated rings. The molecule has 0 aromatic heterocycles. The van der Waals surface area contributed by atoms with Gasteiger partial charge in [0.1, 0.15) is 6.04 Å². The molecule has 106 valence electrons. The SMILES string of the molecule is Cc1ccc(C(N)C(=O)NCC2CCCC2)cc1.Cl. The van der Waals surface area contributed by atoms with E-state index in [9.17, 15) is 4.79 Å². The maximum Gasteiger partial charge on any atom is 0.241 e. The van der Waals surface area contributed by atoms with Crippen LogP contribution in [0.15, 0.2) is 24.3 Å². The minimum atomic E-state index is -0.549. The number of carbonyl (C=O) groups is 1. The third-order valence-corrected chi connectivity index (χ3v) is 3.76. The molecule has 3 nitrogen and oxygen atoms in total. The average molecular weight is 283 g/mol. The molecule has 1 atom stereocenters. The van der Waals surface area contributed by atoms with Gasteiger partial charge < -0.3 is 11.1 Å². The lowest BCUT2D eigenvalue weighted by molar-refractivity contribution is -0.122. The van der Waals surface area contributed by atoms with E-state index in [-0.39, 0.29) is 18.3 Å². The highest BCUT2D eigenvalue weighted by atomic mass is 35.5. The minimum absolute atomic E-state index is 0. The van der Waals surface area contributed by atoms with E-state index in [0.29, 0.717) is 5.92 Å². The van der Waals surface area contributed by atoms with Gasteiger partial charge in [0, 0.05) is 6.54 Å². The number of carbonyl (C=O) groups excluding carboxylic acids is 1. The molecular weight excluding hydrogens is 260 g/mol. The van der Waals surface area contributed by atoms with E-state index < -0.39 is 6.04 Å². The highest BCUT2D eigenvalue weighted by Crippen LogP contribution is 2.23. The van der Waals surface area contributed by atoms with Crippen molar-refractivity contribution in [2.24, 2.45) is 11.7 Å². The molecule has 1 aromatic rings. The van der Waals surface area contributed by atoms with Crippen LogP contribution in [0.25, 0.3) is 0 Å². The minimum Gasteiger partial charge on any atom is -0.354 e. The molecule has 0 heterocycles. The van der Waals surface area contributed by atoms with Crippen molar-refractivity contribution in [1.82, 2.24) is 5.32 Å². The van der Waals surface area contributed by atoms with Gasteiger partial charge >= 0.3 is 0 Å². The molecule has 1 amide bonds. The van der Waals surface area contributed by atoms with Gasteiger partial charge in [-0.05, 0) is 31.2 Å². The molecule has 1 saturated carbocycles. The Morgan fingerprint density at radius 2 is 1.89 bits per heavy atom. The first-order chi connectivity index (χ1) is 8.66. The van der Waals surface area contributed by atoms with Gasteiger partial charge in [-0.2, -0.15) is 0 Å². The third kappa shape index (κ3) is 4.51. The molecule has 0 saturated heterocycles. The fraction of sp³-hybridized carbons (Fsp3) is 0.533. The molecule has 3 N–H and O–H groups in total. The molecule has 4 heteroatoms. The lowest BCUT2D eigenvalue weighted by atomic mass is 10.0. The van der Waals surface area contributed by atoms with Crippen molar-refractivity contribution in [2.45, 2.75) is 38.6 Å². The topological polar surface area (TPSA) is 55.1 Å². The summed E-state index contributed by atoms with van der Waals surface area (Å²) in [5.74, 6) is 0.588. The van der Waals surface area contributed by atoms with E-state index >= 15 is 0 Å². The Morgan fingerprint density at radius 3 is 2.47 bits per heavy atom. The monoisotopic (exact) mass is 282 g/mol. The molecule has 19 heavy (non-hydrogen) atoms. The normalized spacial score (nSPS) is 16.7. The first-order valence-electron chi connectivity index (χ1n) is 6.76. The van der Waals surface area contributed by atoms with Crippen molar-refractivity contribution < 1.29 is 4.79 Å². The summed E-state index contributed by atoms with van der Waals surface area (Å²) >= 11 is 0. The Hall–Kier alpha value is -1.06. The van der Waals surface area contributed by atoms with Gasteiger partial charge in [-0.15, -0.1) is 12.4 Å². The zero-order valence-corrected chi connectivity index (χ0v) is 12.2. The number of aryl methyl sites for hydroxylation is 1. The predicted octanol–water partition coefficient (Wildman–Crippen LogP) is 2.72. The number of nitrogens with two attached hydrogens (primary N) is 1. The predicted molar refractivity (Wildman–Crippen MR) is 80.3 cm³/mol. The van der Waals surface area contributed by atoms with Crippen LogP contribution in [0.3, 0.4) is 0 Å². The third-order valence-electron chi connectivity index (χ3n) is 3.76. The summed E-state index contributed by atoms with van der Waals surface area (Å²) in [6.07, 6.45) is 5.06. The highest BCUT2D eigenvalue weighted by Gasteiger charge is 2.19. The second kappa shape index (κ2) is 7.51. The van der Waals surface area contributed by atoms with Crippen LogP contribution in [-0.4, -0.2) is 12.5 Å². The van der Waals surface area contributed by atoms with E-state index in [1.54, 1.807) is 0 Å². The van der Waals surface area contributed by atoms with Gasteiger partial charge in [0.25, 0.3) is 0 Å². The molecule has 0 radical (unpaired) electrons. The van der Waals surface area contributed by atoms with Crippen LogP contribution in [0.4, 0.5) is 0 Å². The second-order valence-corrected chi connectivity index (χ2v) is 5.28. The van der Waals surface area contributed by atoms with Crippen LogP contribution >= 0.6 is 12.4 Å². The number of benzene rings is 1. The smallest absolute Gasteiger partial charge is 0.241 e. The summed E-state index contributed by atoms with van der Waals surface area (Å²) in [6, 6.07) is 7.27. The van der Waals surface area contributed by atoms with Gasteiger partial charge in [0.15, 0.2) is 0 Å². The van der Waals surface area contributed by atoms with Crippen molar-refractivity contribution in [3.8, 4) is 0 Å². The van der Waals surface area contributed by atoms with E-state index in [0.717, 1.165) is 12.1 Å². The Balaban J connectivity index is 0.00000180. The Bertz CT molecular complexity index is 399. The Kier molecular flexibility index (Phi) is 6.32. The van der Waals surface area contributed by atoms with E-state index in [1.807, 2.05) is 31.2 Å². The van der Waals surface area contributed by atoms with Crippen LogP contribution in [0, 0.1) is 12.8 Å². The molecule has 1 unspecified atom stereocenters. The van der Waals surface area contributed by atoms with E-state index in [1.165, 1.54) is 31.2 Å². The van der Waals surface area contributed by atoms with Crippen molar-refractivity contribution in [3.63, 3.8) is 0 Å². The number of rotatable bonds is 4. The second-order valence-electron chi connectivity index (χ2n) is 5.28. The molecule has 1 aliphatic carbocycles. The first kappa shape index (κ1) is 16.0. The summed E-state index contributed by atoms with van der Waals surface area (Å²) < 4.78 is 0. The molecule has 0 bridgehead atoms. The van der Waals surface area contributed by atoms with Crippen molar-refractivity contribution in [3.05, 3.63) is 35.4 Å². The Labute approximate surface area is 121 Å². The molecule has 1 aliphatic rings. The first-order valence-corrected chi connectivity index (χ1v) is 6.76. The zero-order valence-electron chi connectivity index (χ0n) is 11.4. The number of hydrogen-bond donors (Lipinski definition) is 2. The molecular formula is C15H23ClN2O. The molecule has 1 aromatic carbocycles. The number of nitrogens with one attached hydrogen (secondary N) is 1. The summed E-state index contributed by atoms with van der Waals surface area (Å²) in [5, 5.41) is 2.97. The van der Waals surface area contributed by atoms with Crippen LogP contribution in [-0.2, 0) is 4.79 Å². The van der Waals surface area contributed by atoms with Crippen LogP contribution in [0.5, 0.6) is 0 Å². The molecule has 0 spiro atoms.